The summed E-state index contributed by atoms with van der Waals surface area (Å²) in [7, 11) is 0. The zero-order chi connectivity index (χ0) is 11.7. The van der Waals surface area contributed by atoms with Crippen LogP contribution in [0.15, 0.2) is 12.3 Å². The first kappa shape index (κ1) is 11.3. The van der Waals surface area contributed by atoms with Gasteiger partial charge in [0, 0.05) is 19.2 Å². The molecule has 0 saturated carbocycles. The second kappa shape index (κ2) is 4.33. The van der Waals surface area contributed by atoms with E-state index in [1.54, 1.807) is 4.90 Å². The summed E-state index contributed by atoms with van der Waals surface area (Å²) in [6.07, 6.45) is 1.28. The van der Waals surface area contributed by atoms with Crippen molar-refractivity contribution in [3.63, 3.8) is 0 Å². The van der Waals surface area contributed by atoms with Crippen LogP contribution in [0.2, 0.25) is 0 Å². The molecule has 1 fully saturated rings. The Morgan fingerprint density at radius 2 is 2.25 bits per heavy atom. The summed E-state index contributed by atoms with van der Waals surface area (Å²) in [6, 6.07) is 0.812. The van der Waals surface area contributed by atoms with Crippen LogP contribution >= 0.6 is 0 Å². The van der Waals surface area contributed by atoms with Gasteiger partial charge in [0.05, 0.1) is 12.3 Å². The van der Waals surface area contributed by atoms with Crippen LogP contribution < -0.4 is 4.90 Å². The smallest absolute Gasteiger partial charge is 0.168 e. The fourth-order valence-corrected chi connectivity index (χ4v) is 1.88. The minimum Gasteiger partial charge on any atom is -0.391 e. The van der Waals surface area contributed by atoms with Gasteiger partial charge in [0.25, 0.3) is 0 Å². The maximum atomic E-state index is 13.4. The van der Waals surface area contributed by atoms with E-state index >= 15 is 0 Å². The molecule has 0 amide bonds. The third-order valence-corrected chi connectivity index (χ3v) is 3.01. The van der Waals surface area contributed by atoms with Crippen LogP contribution in [0.5, 0.6) is 0 Å². The lowest BCUT2D eigenvalue weighted by atomic mass is 9.96. The molecule has 1 aliphatic heterocycles. The highest BCUT2D eigenvalue weighted by Crippen LogP contribution is 2.23. The number of aliphatic hydroxyl groups excluding tert-OH is 1. The number of pyridine rings is 1. The standard InChI is InChI=1S/C11H14F2N2O/c1-7-2-3-15(6-10(7)16)11-9(13)4-8(12)5-14-11/h4-5,7,10,16H,2-3,6H2,1H3. The molecule has 1 aliphatic rings. The monoisotopic (exact) mass is 228 g/mol. The number of anilines is 1. The molecule has 16 heavy (non-hydrogen) atoms. The summed E-state index contributed by atoms with van der Waals surface area (Å²) >= 11 is 0. The Balaban J connectivity index is 2.18. The van der Waals surface area contributed by atoms with Crippen LogP contribution in [0.1, 0.15) is 13.3 Å². The molecular formula is C11H14F2N2O. The van der Waals surface area contributed by atoms with Gasteiger partial charge in [0.15, 0.2) is 11.6 Å². The molecule has 1 aromatic rings. The fraction of sp³-hybridized carbons (Fsp3) is 0.545. The molecule has 0 radical (unpaired) electrons. The van der Waals surface area contributed by atoms with E-state index in [0.717, 1.165) is 18.7 Å². The van der Waals surface area contributed by atoms with E-state index in [-0.39, 0.29) is 11.7 Å². The van der Waals surface area contributed by atoms with Gasteiger partial charge in [-0.15, -0.1) is 0 Å². The summed E-state index contributed by atoms with van der Waals surface area (Å²) in [5, 5.41) is 9.69. The number of piperidine rings is 1. The molecule has 1 saturated heterocycles. The molecule has 5 heteroatoms. The third-order valence-electron chi connectivity index (χ3n) is 3.01. The average Bonchev–Trinajstić information content (AvgIpc) is 2.22. The van der Waals surface area contributed by atoms with Crippen LogP contribution in [-0.2, 0) is 0 Å². The normalized spacial score (nSPS) is 25.9. The minimum atomic E-state index is -0.688. The summed E-state index contributed by atoms with van der Waals surface area (Å²) < 4.78 is 26.1. The van der Waals surface area contributed by atoms with Gasteiger partial charge >= 0.3 is 0 Å². The van der Waals surface area contributed by atoms with Crippen molar-refractivity contribution < 1.29 is 13.9 Å². The Labute approximate surface area is 92.7 Å². The Kier molecular flexibility index (Phi) is 3.05. The lowest BCUT2D eigenvalue weighted by molar-refractivity contribution is 0.102. The highest BCUT2D eigenvalue weighted by atomic mass is 19.1. The zero-order valence-electron chi connectivity index (χ0n) is 9.03. The Morgan fingerprint density at radius 1 is 1.50 bits per heavy atom. The van der Waals surface area contributed by atoms with Gasteiger partial charge in [0.1, 0.15) is 5.82 Å². The highest BCUT2D eigenvalue weighted by Gasteiger charge is 2.26. The van der Waals surface area contributed by atoms with Crippen molar-refractivity contribution in [3.05, 3.63) is 23.9 Å². The molecule has 2 unspecified atom stereocenters. The molecule has 0 spiro atoms. The van der Waals surface area contributed by atoms with E-state index in [0.29, 0.717) is 13.1 Å². The predicted molar refractivity (Wildman–Crippen MR) is 56.2 cm³/mol. The second-order valence-corrected chi connectivity index (χ2v) is 4.24. The number of nitrogens with zero attached hydrogens (tertiary/aromatic N) is 2. The topological polar surface area (TPSA) is 36.4 Å². The molecule has 88 valence electrons. The van der Waals surface area contributed by atoms with E-state index < -0.39 is 17.7 Å². The maximum Gasteiger partial charge on any atom is 0.168 e. The third kappa shape index (κ3) is 2.14. The number of β-amino-alcohol motifs (C(OH)–C–C–N with tert-alkyl or cyclic N) is 1. The number of rotatable bonds is 1. The van der Waals surface area contributed by atoms with Crippen molar-refractivity contribution in [2.75, 3.05) is 18.0 Å². The number of hydrogen-bond donors (Lipinski definition) is 1. The maximum absolute atomic E-state index is 13.4. The van der Waals surface area contributed by atoms with Crippen molar-refractivity contribution in [2.45, 2.75) is 19.4 Å². The molecule has 0 aliphatic carbocycles. The quantitative estimate of drug-likeness (QED) is 0.792. The van der Waals surface area contributed by atoms with Crippen molar-refractivity contribution in [1.82, 2.24) is 4.98 Å². The molecule has 0 aromatic carbocycles. The predicted octanol–water partition coefficient (Wildman–Crippen LogP) is 1.57. The van der Waals surface area contributed by atoms with Crippen molar-refractivity contribution in [1.29, 1.82) is 0 Å². The second-order valence-electron chi connectivity index (χ2n) is 4.24. The van der Waals surface area contributed by atoms with Crippen LogP contribution in [0.4, 0.5) is 14.6 Å². The molecule has 2 atom stereocenters. The van der Waals surface area contributed by atoms with Crippen LogP contribution in [0, 0.1) is 17.6 Å². The first-order valence-corrected chi connectivity index (χ1v) is 5.32. The van der Waals surface area contributed by atoms with Gasteiger partial charge < -0.3 is 10.0 Å². The van der Waals surface area contributed by atoms with E-state index in [1.165, 1.54) is 0 Å². The number of aliphatic hydroxyl groups is 1. The summed E-state index contributed by atoms with van der Waals surface area (Å²) in [5.41, 5.74) is 0. The van der Waals surface area contributed by atoms with E-state index in [9.17, 15) is 13.9 Å². The Bertz CT molecular complexity index is 386. The molecule has 1 N–H and O–H groups in total. The zero-order valence-corrected chi connectivity index (χ0v) is 9.03. The summed E-state index contributed by atoms with van der Waals surface area (Å²) in [5.74, 6) is -1.04. The van der Waals surface area contributed by atoms with Gasteiger partial charge in [-0.25, -0.2) is 13.8 Å². The first-order valence-electron chi connectivity index (χ1n) is 5.32. The van der Waals surface area contributed by atoms with E-state index in [1.807, 2.05) is 6.92 Å². The van der Waals surface area contributed by atoms with Gasteiger partial charge in [-0.1, -0.05) is 6.92 Å². The SMILES string of the molecule is CC1CCN(c2ncc(F)cc2F)CC1O. The average molecular weight is 228 g/mol. The number of aromatic nitrogens is 1. The van der Waals surface area contributed by atoms with Crippen molar-refractivity contribution >= 4 is 5.82 Å². The lowest BCUT2D eigenvalue weighted by Crippen LogP contribution is -2.43. The number of hydrogen-bond acceptors (Lipinski definition) is 3. The first-order chi connectivity index (χ1) is 7.58. The Hall–Kier alpha value is -1.23. The van der Waals surface area contributed by atoms with E-state index in [2.05, 4.69) is 4.98 Å². The van der Waals surface area contributed by atoms with Crippen molar-refractivity contribution in [2.24, 2.45) is 5.92 Å². The van der Waals surface area contributed by atoms with Gasteiger partial charge in [-0.3, -0.25) is 0 Å². The van der Waals surface area contributed by atoms with Crippen molar-refractivity contribution in [3.8, 4) is 0 Å². The van der Waals surface area contributed by atoms with Gasteiger partial charge in [-0.05, 0) is 12.3 Å². The number of halogens is 2. The molecule has 2 heterocycles. The lowest BCUT2D eigenvalue weighted by Gasteiger charge is -2.35. The van der Waals surface area contributed by atoms with Crippen LogP contribution in [0.25, 0.3) is 0 Å². The van der Waals surface area contributed by atoms with Gasteiger partial charge in [0.2, 0.25) is 0 Å². The summed E-state index contributed by atoms with van der Waals surface area (Å²) in [4.78, 5) is 5.38. The molecular weight excluding hydrogens is 214 g/mol. The highest BCUT2D eigenvalue weighted by molar-refractivity contribution is 5.40. The van der Waals surface area contributed by atoms with Crippen LogP contribution in [-0.4, -0.2) is 29.3 Å². The van der Waals surface area contributed by atoms with Crippen LogP contribution in [0.3, 0.4) is 0 Å². The molecule has 1 aromatic heterocycles. The molecule has 0 bridgehead atoms. The van der Waals surface area contributed by atoms with Gasteiger partial charge in [-0.2, -0.15) is 0 Å². The largest absolute Gasteiger partial charge is 0.391 e. The molecule has 3 nitrogen and oxygen atoms in total. The molecule has 2 rings (SSSR count). The minimum absolute atomic E-state index is 0.118. The van der Waals surface area contributed by atoms with E-state index in [4.69, 9.17) is 0 Å². The summed E-state index contributed by atoms with van der Waals surface area (Å²) in [6.45, 7) is 2.93. The fourth-order valence-electron chi connectivity index (χ4n) is 1.88. The Morgan fingerprint density at radius 3 is 2.88 bits per heavy atom.